The lowest BCUT2D eigenvalue weighted by Crippen LogP contribution is -2.39. The molecule has 0 atom stereocenters. The van der Waals surface area contributed by atoms with Gasteiger partial charge in [-0.15, -0.1) is 0 Å². The molecule has 134 valence electrons. The lowest BCUT2D eigenvalue weighted by atomic mass is 10.2. The zero-order chi connectivity index (χ0) is 18.3. The van der Waals surface area contributed by atoms with E-state index < -0.39 is 10.0 Å². The minimum atomic E-state index is -3.74. The SMILES string of the molecule is Cn1cnc(S(=O)(=O)Nc2ccc(N3CNc4occc4C3=N)cc2)c1. The molecule has 0 saturated carbocycles. The van der Waals surface area contributed by atoms with Gasteiger partial charge in [-0.3, -0.25) is 10.1 Å². The number of anilines is 3. The maximum absolute atomic E-state index is 12.3. The van der Waals surface area contributed by atoms with Gasteiger partial charge in [-0.2, -0.15) is 8.42 Å². The van der Waals surface area contributed by atoms with Crippen molar-refractivity contribution in [1.82, 2.24) is 9.55 Å². The molecule has 26 heavy (non-hydrogen) atoms. The zero-order valence-electron chi connectivity index (χ0n) is 13.8. The van der Waals surface area contributed by atoms with Gasteiger partial charge in [-0.25, -0.2) is 4.98 Å². The first-order chi connectivity index (χ1) is 12.4. The van der Waals surface area contributed by atoms with E-state index in [0.717, 1.165) is 5.69 Å². The number of fused-ring (bicyclic) bond motifs is 1. The van der Waals surface area contributed by atoms with Crippen LogP contribution in [0.25, 0.3) is 0 Å². The number of furan rings is 1. The minimum Gasteiger partial charge on any atom is -0.448 e. The Hall–Kier alpha value is -3.27. The van der Waals surface area contributed by atoms with E-state index in [1.807, 2.05) is 0 Å². The summed E-state index contributed by atoms with van der Waals surface area (Å²) in [7, 11) is -2.03. The van der Waals surface area contributed by atoms with Crippen LogP contribution < -0.4 is 14.9 Å². The molecule has 0 aliphatic carbocycles. The summed E-state index contributed by atoms with van der Waals surface area (Å²) in [6, 6.07) is 8.52. The van der Waals surface area contributed by atoms with Crippen molar-refractivity contribution in [3.05, 3.63) is 54.7 Å². The number of nitrogens with one attached hydrogen (secondary N) is 3. The summed E-state index contributed by atoms with van der Waals surface area (Å²) in [5.74, 6) is 0.889. The molecule has 3 aromatic rings. The zero-order valence-corrected chi connectivity index (χ0v) is 14.6. The second-order valence-corrected chi connectivity index (χ2v) is 7.43. The number of sulfonamides is 1. The Morgan fingerprint density at radius 1 is 1.27 bits per heavy atom. The number of aryl methyl sites for hydroxylation is 1. The molecule has 0 radical (unpaired) electrons. The molecule has 1 aromatic carbocycles. The first-order valence-corrected chi connectivity index (χ1v) is 9.21. The Morgan fingerprint density at radius 3 is 2.73 bits per heavy atom. The molecular weight excluding hydrogens is 356 g/mol. The number of hydrogen-bond donors (Lipinski definition) is 3. The summed E-state index contributed by atoms with van der Waals surface area (Å²) in [6.45, 7) is 0.387. The average molecular weight is 372 g/mol. The molecule has 1 aliphatic heterocycles. The van der Waals surface area contributed by atoms with Crippen molar-refractivity contribution >= 4 is 33.1 Å². The van der Waals surface area contributed by atoms with E-state index in [2.05, 4.69) is 15.0 Å². The van der Waals surface area contributed by atoms with Crippen molar-refractivity contribution in [2.45, 2.75) is 5.03 Å². The van der Waals surface area contributed by atoms with E-state index in [1.165, 1.54) is 18.8 Å². The van der Waals surface area contributed by atoms with Crippen LogP contribution in [0.5, 0.6) is 0 Å². The smallest absolute Gasteiger partial charge is 0.280 e. The van der Waals surface area contributed by atoms with E-state index in [-0.39, 0.29) is 5.03 Å². The van der Waals surface area contributed by atoms with Gasteiger partial charge in [0.25, 0.3) is 10.0 Å². The quantitative estimate of drug-likeness (QED) is 0.645. The van der Waals surface area contributed by atoms with E-state index in [4.69, 9.17) is 9.83 Å². The maximum Gasteiger partial charge on any atom is 0.280 e. The third kappa shape index (κ3) is 2.80. The molecule has 0 fully saturated rings. The van der Waals surface area contributed by atoms with Crippen molar-refractivity contribution < 1.29 is 12.8 Å². The fourth-order valence-electron chi connectivity index (χ4n) is 2.67. The van der Waals surface area contributed by atoms with Gasteiger partial charge in [0.2, 0.25) is 5.88 Å². The molecule has 9 nitrogen and oxygen atoms in total. The number of imidazole rings is 1. The summed E-state index contributed by atoms with van der Waals surface area (Å²) in [4.78, 5) is 5.62. The second-order valence-electron chi connectivity index (χ2n) is 5.80. The normalized spacial score (nSPS) is 14.0. The summed E-state index contributed by atoms with van der Waals surface area (Å²) < 4.78 is 33.9. The van der Waals surface area contributed by atoms with Gasteiger partial charge >= 0.3 is 0 Å². The van der Waals surface area contributed by atoms with Crippen molar-refractivity contribution in [1.29, 1.82) is 5.41 Å². The van der Waals surface area contributed by atoms with Crippen LogP contribution in [0.15, 0.2) is 58.6 Å². The number of benzene rings is 1. The summed E-state index contributed by atoms with van der Waals surface area (Å²) in [5.41, 5.74) is 1.85. The number of nitrogens with zero attached hydrogens (tertiary/aromatic N) is 3. The molecule has 3 heterocycles. The number of aromatic nitrogens is 2. The van der Waals surface area contributed by atoms with Gasteiger partial charge in [-0.1, -0.05) is 0 Å². The van der Waals surface area contributed by atoms with E-state index in [0.29, 0.717) is 29.6 Å². The van der Waals surface area contributed by atoms with Crippen molar-refractivity contribution in [2.24, 2.45) is 7.05 Å². The highest BCUT2D eigenvalue weighted by molar-refractivity contribution is 7.92. The van der Waals surface area contributed by atoms with Gasteiger partial charge in [-0.05, 0) is 30.3 Å². The highest BCUT2D eigenvalue weighted by Crippen LogP contribution is 2.28. The third-order valence-electron chi connectivity index (χ3n) is 3.98. The maximum atomic E-state index is 12.3. The van der Waals surface area contributed by atoms with Crippen LogP contribution in [-0.2, 0) is 17.1 Å². The van der Waals surface area contributed by atoms with Gasteiger partial charge in [0, 0.05) is 24.6 Å². The molecule has 0 saturated heterocycles. The predicted octanol–water partition coefficient (Wildman–Crippen LogP) is 2.03. The fourth-order valence-corrected chi connectivity index (χ4v) is 3.71. The lowest BCUT2D eigenvalue weighted by molar-refractivity contribution is 0.577. The van der Waals surface area contributed by atoms with E-state index in [9.17, 15) is 8.42 Å². The van der Waals surface area contributed by atoms with Crippen molar-refractivity contribution in [2.75, 3.05) is 21.6 Å². The van der Waals surface area contributed by atoms with E-state index >= 15 is 0 Å². The largest absolute Gasteiger partial charge is 0.448 e. The van der Waals surface area contributed by atoms with Crippen LogP contribution in [0.2, 0.25) is 0 Å². The van der Waals surface area contributed by atoms with E-state index in [1.54, 1.807) is 46.8 Å². The summed E-state index contributed by atoms with van der Waals surface area (Å²) in [6.07, 6.45) is 4.39. The highest BCUT2D eigenvalue weighted by Gasteiger charge is 2.24. The Kier molecular flexibility index (Phi) is 3.69. The molecule has 1 aliphatic rings. The molecule has 4 rings (SSSR count). The second kappa shape index (κ2) is 5.92. The van der Waals surface area contributed by atoms with Crippen LogP contribution in [0.4, 0.5) is 17.3 Å². The molecule has 0 unspecified atom stereocenters. The summed E-state index contributed by atoms with van der Waals surface area (Å²) >= 11 is 0. The van der Waals surface area contributed by atoms with Gasteiger partial charge < -0.3 is 19.2 Å². The highest BCUT2D eigenvalue weighted by atomic mass is 32.2. The van der Waals surface area contributed by atoms with Crippen LogP contribution in [0.3, 0.4) is 0 Å². The fraction of sp³-hybridized carbons (Fsp3) is 0.125. The Bertz CT molecular complexity index is 1070. The Labute approximate surface area is 149 Å². The van der Waals surface area contributed by atoms with Crippen LogP contribution >= 0.6 is 0 Å². The number of rotatable bonds is 4. The molecular formula is C16H16N6O3S. The third-order valence-corrected chi connectivity index (χ3v) is 5.24. The number of amidine groups is 1. The monoisotopic (exact) mass is 372 g/mol. The number of hydrogen-bond acceptors (Lipinski definition) is 6. The predicted molar refractivity (Wildman–Crippen MR) is 97.0 cm³/mol. The Balaban J connectivity index is 1.53. The molecule has 0 spiro atoms. The molecule has 10 heteroatoms. The standard InChI is InChI=1S/C16H16N6O3S/c1-21-8-14(18-9-21)26(23,24)20-11-2-4-12(5-3-11)22-10-19-16-13(15(22)17)6-7-25-16/h2-9,17,19-20H,10H2,1H3. The minimum absolute atomic E-state index is 0.0430. The molecule has 0 bridgehead atoms. The van der Waals surface area contributed by atoms with Gasteiger partial charge in [0.05, 0.1) is 24.8 Å². The van der Waals surface area contributed by atoms with Crippen molar-refractivity contribution in [3.8, 4) is 0 Å². The van der Waals surface area contributed by atoms with Crippen molar-refractivity contribution in [3.63, 3.8) is 0 Å². The molecule has 0 amide bonds. The van der Waals surface area contributed by atoms with Crippen LogP contribution in [0.1, 0.15) is 5.56 Å². The first-order valence-electron chi connectivity index (χ1n) is 7.73. The van der Waals surface area contributed by atoms with Gasteiger partial charge in [0.15, 0.2) is 5.03 Å². The summed E-state index contributed by atoms with van der Waals surface area (Å²) in [5, 5.41) is 11.3. The molecule has 2 aromatic heterocycles. The average Bonchev–Trinajstić information content (AvgIpc) is 3.25. The molecule has 3 N–H and O–H groups in total. The lowest BCUT2D eigenvalue weighted by Gasteiger charge is -2.29. The topological polar surface area (TPSA) is 116 Å². The van der Waals surface area contributed by atoms with Crippen LogP contribution in [0, 0.1) is 5.41 Å². The van der Waals surface area contributed by atoms with Gasteiger partial charge in [0.1, 0.15) is 5.84 Å². The van der Waals surface area contributed by atoms with Crippen LogP contribution in [-0.4, -0.2) is 30.5 Å². The first kappa shape index (κ1) is 16.2. The Morgan fingerprint density at radius 2 is 2.04 bits per heavy atom.